The van der Waals surface area contributed by atoms with Gasteiger partial charge in [0.25, 0.3) is 11.5 Å². The van der Waals surface area contributed by atoms with E-state index in [9.17, 15) is 9.59 Å². The molecular formula is C24H27N5O3. The van der Waals surface area contributed by atoms with Gasteiger partial charge in [-0.25, -0.2) is 4.98 Å². The molecular weight excluding hydrogens is 406 g/mol. The molecule has 3 aromatic heterocycles. The first-order chi connectivity index (χ1) is 15.7. The second-order valence-corrected chi connectivity index (χ2v) is 9.22. The van der Waals surface area contributed by atoms with Crippen LogP contribution in [-0.4, -0.2) is 69.6 Å². The van der Waals surface area contributed by atoms with Gasteiger partial charge in [0.2, 0.25) is 0 Å². The fraction of sp³-hybridized carbons (Fsp3) is 0.458. The number of carbonyl (C=O) groups is 1. The number of fused-ring (bicyclic) bond motifs is 5. The van der Waals surface area contributed by atoms with Crippen LogP contribution in [-0.2, 0) is 17.8 Å². The number of piperidine rings is 1. The van der Waals surface area contributed by atoms with Crippen LogP contribution in [0.1, 0.15) is 34.1 Å². The van der Waals surface area contributed by atoms with E-state index >= 15 is 0 Å². The lowest BCUT2D eigenvalue weighted by molar-refractivity contribution is 0.0338. The Bertz CT molecular complexity index is 1190. The number of morpholine rings is 1. The predicted octanol–water partition coefficient (Wildman–Crippen LogP) is 1.82. The van der Waals surface area contributed by atoms with Crippen LogP contribution in [0, 0.1) is 5.92 Å². The van der Waals surface area contributed by atoms with Gasteiger partial charge >= 0.3 is 0 Å². The number of carbonyl (C=O) groups excluding carboxylic acids is 1. The van der Waals surface area contributed by atoms with Crippen molar-refractivity contribution in [1.82, 2.24) is 24.3 Å². The Morgan fingerprint density at radius 1 is 1.16 bits per heavy atom. The van der Waals surface area contributed by atoms with Crippen LogP contribution >= 0.6 is 0 Å². The second kappa shape index (κ2) is 7.86. The van der Waals surface area contributed by atoms with Crippen molar-refractivity contribution in [2.24, 2.45) is 5.92 Å². The van der Waals surface area contributed by atoms with Crippen molar-refractivity contribution >= 4 is 16.9 Å². The molecule has 2 saturated heterocycles. The Kier molecular flexibility index (Phi) is 4.84. The lowest BCUT2D eigenvalue weighted by atomic mass is 9.83. The number of aromatic nitrogens is 3. The third-order valence-electron chi connectivity index (χ3n) is 7.09. The Balaban J connectivity index is 1.24. The zero-order valence-corrected chi connectivity index (χ0v) is 18.0. The molecule has 32 heavy (non-hydrogen) atoms. The number of pyridine rings is 2. The molecule has 8 heteroatoms. The van der Waals surface area contributed by atoms with Crippen LogP contribution in [0.15, 0.2) is 41.3 Å². The summed E-state index contributed by atoms with van der Waals surface area (Å²) in [5, 5.41) is 0.942. The van der Waals surface area contributed by atoms with Gasteiger partial charge in [0.05, 0.1) is 13.2 Å². The Morgan fingerprint density at radius 3 is 2.88 bits per heavy atom. The molecule has 6 rings (SSSR count). The number of likely N-dealkylation sites (tertiary alicyclic amines) is 1. The monoisotopic (exact) mass is 433 g/mol. The van der Waals surface area contributed by atoms with Crippen molar-refractivity contribution in [3.63, 3.8) is 0 Å². The van der Waals surface area contributed by atoms with Crippen LogP contribution in [0.5, 0.6) is 0 Å². The number of aromatic amines is 1. The van der Waals surface area contributed by atoms with Crippen molar-refractivity contribution < 1.29 is 9.53 Å². The molecule has 6 heterocycles. The molecule has 3 aromatic rings. The molecule has 2 fully saturated rings. The summed E-state index contributed by atoms with van der Waals surface area (Å²) in [6.45, 7) is 5.87. The van der Waals surface area contributed by atoms with Crippen LogP contribution in [0.4, 0.5) is 0 Å². The highest BCUT2D eigenvalue weighted by atomic mass is 16.5. The smallest absolute Gasteiger partial charge is 0.270 e. The fourth-order valence-electron chi connectivity index (χ4n) is 5.52. The van der Waals surface area contributed by atoms with Crippen LogP contribution in [0.25, 0.3) is 11.0 Å². The largest absolute Gasteiger partial charge is 0.379 e. The summed E-state index contributed by atoms with van der Waals surface area (Å²) >= 11 is 0. The number of hydrogen-bond acceptors (Lipinski definition) is 5. The number of nitrogens with one attached hydrogen (secondary N) is 1. The molecule has 0 spiro atoms. The fourth-order valence-corrected chi connectivity index (χ4v) is 5.52. The molecule has 166 valence electrons. The summed E-state index contributed by atoms with van der Waals surface area (Å²) in [5.41, 5.74) is 3.36. The molecule has 3 aliphatic rings. The van der Waals surface area contributed by atoms with E-state index < -0.39 is 0 Å². The Labute approximate surface area is 185 Å². The van der Waals surface area contributed by atoms with E-state index in [2.05, 4.69) is 20.9 Å². The molecule has 2 atom stereocenters. The molecule has 3 aliphatic heterocycles. The maximum absolute atomic E-state index is 13.3. The molecule has 1 N–H and O–H groups in total. The van der Waals surface area contributed by atoms with Crippen molar-refractivity contribution in [1.29, 1.82) is 0 Å². The average Bonchev–Trinajstić information content (AvgIpc) is 3.26. The standard InChI is InChI=1S/C24H27N5O3/c30-23-18(14-27-6-8-32-9-7-27)3-4-21-19-10-16(13-29(21)23)12-28(15-19)24(31)20-11-17-2-1-5-25-22(17)26-20/h1-5,11,16,19H,6-10,12-15H2,(H,25,26)/t16-,19+/m0/s1. The molecule has 0 aliphatic carbocycles. The van der Waals surface area contributed by atoms with Crippen molar-refractivity contribution in [3.05, 3.63) is 63.8 Å². The topological polar surface area (TPSA) is 83.5 Å². The van der Waals surface area contributed by atoms with Gasteiger partial charge in [-0.3, -0.25) is 14.5 Å². The van der Waals surface area contributed by atoms with Crippen molar-refractivity contribution in [2.45, 2.75) is 25.4 Å². The lowest BCUT2D eigenvalue weighted by Crippen LogP contribution is -2.49. The van der Waals surface area contributed by atoms with Crippen molar-refractivity contribution in [3.8, 4) is 0 Å². The minimum atomic E-state index is 0.0115. The second-order valence-electron chi connectivity index (χ2n) is 9.22. The van der Waals surface area contributed by atoms with Gasteiger partial charge in [0.15, 0.2) is 0 Å². The summed E-state index contributed by atoms with van der Waals surface area (Å²) in [7, 11) is 0. The summed E-state index contributed by atoms with van der Waals surface area (Å²) in [5.74, 6) is 0.501. The zero-order chi connectivity index (χ0) is 21.7. The number of amides is 1. The van der Waals surface area contributed by atoms with E-state index in [0.717, 1.165) is 55.0 Å². The quantitative estimate of drug-likeness (QED) is 0.681. The third-order valence-corrected chi connectivity index (χ3v) is 7.09. The Morgan fingerprint density at radius 2 is 2.03 bits per heavy atom. The maximum atomic E-state index is 13.3. The highest BCUT2D eigenvalue weighted by Gasteiger charge is 2.37. The van der Waals surface area contributed by atoms with Crippen LogP contribution in [0.3, 0.4) is 0 Å². The lowest BCUT2D eigenvalue weighted by Gasteiger charge is -2.42. The van der Waals surface area contributed by atoms with Gasteiger partial charge in [-0.05, 0) is 36.6 Å². The molecule has 8 nitrogen and oxygen atoms in total. The van der Waals surface area contributed by atoms with E-state index in [1.54, 1.807) is 6.20 Å². The molecule has 2 bridgehead atoms. The predicted molar refractivity (Wildman–Crippen MR) is 120 cm³/mol. The van der Waals surface area contributed by atoms with E-state index in [4.69, 9.17) is 4.74 Å². The van der Waals surface area contributed by atoms with Crippen LogP contribution < -0.4 is 5.56 Å². The third kappa shape index (κ3) is 3.43. The molecule has 0 aromatic carbocycles. The minimum Gasteiger partial charge on any atom is -0.379 e. The summed E-state index contributed by atoms with van der Waals surface area (Å²) in [6, 6.07) is 9.81. The van der Waals surface area contributed by atoms with Gasteiger partial charge in [-0.15, -0.1) is 0 Å². The van der Waals surface area contributed by atoms with Gasteiger partial charge in [0.1, 0.15) is 11.3 Å². The van der Waals surface area contributed by atoms with E-state index in [0.29, 0.717) is 37.8 Å². The zero-order valence-electron chi connectivity index (χ0n) is 18.0. The number of nitrogens with zero attached hydrogens (tertiary/aromatic N) is 4. The van der Waals surface area contributed by atoms with Crippen molar-refractivity contribution in [2.75, 3.05) is 39.4 Å². The highest BCUT2D eigenvalue weighted by Crippen LogP contribution is 2.35. The summed E-state index contributed by atoms with van der Waals surface area (Å²) in [4.78, 5) is 38.2. The normalized spacial score (nSPS) is 23.3. The molecule has 0 saturated carbocycles. The number of rotatable bonds is 3. The summed E-state index contributed by atoms with van der Waals surface area (Å²) < 4.78 is 7.40. The van der Waals surface area contributed by atoms with E-state index in [1.807, 2.05) is 33.7 Å². The first-order valence-corrected chi connectivity index (χ1v) is 11.4. The van der Waals surface area contributed by atoms with Gasteiger partial charge in [-0.1, -0.05) is 6.07 Å². The molecule has 1 amide bonds. The maximum Gasteiger partial charge on any atom is 0.270 e. The molecule has 0 unspecified atom stereocenters. The number of ether oxygens (including phenoxy) is 1. The summed E-state index contributed by atoms with van der Waals surface area (Å²) in [6.07, 6.45) is 2.75. The van der Waals surface area contributed by atoms with Crippen LogP contribution in [0.2, 0.25) is 0 Å². The average molecular weight is 434 g/mol. The van der Waals surface area contributed by atoms with Gasteiger partial charge in [-0.2, -0.15) is 0 Å². The minimum absolute atomic E-state index is 0.0115. The van der Waals surface area contributed by atoms with Gasteiger partial charge in [0, 0.05) is 68.0 Å². The van der Waals surface area contributed by atoms with E-state index in [-0.39, 0.29) is 17.4 Å². The highest BCUT2D eigenvalue weighted by molar-refractivity contribution is 5.97. The number of hydrogen-bond donors (Lipinski definition) is 1. The molecule has 0 radical (unpaired) electrons. The SMILES string of the molecule is O=C(c1cc2cccnc2[nH]1)N1C[C@@H]2C[C@H](C1)c1ccc(CN3CCOCC3)c(=O)n1C2. The van der Waals surface area contributed by atoms with E-state index in [1.165, 1.54) is 0 Å². The first kappa shape index (κ1) is 19.7. The van der Waals surface area contributed by atoms with Gasteiger partial charge < -0.3 is 19.2 Å². The number of H-pyrrole nitrogens is 1. The Hall–Kier alpha value is -2.97. The first-order valence-electron chi connectivity index (χ1n) is 11.4.